The highest BCUT2D eigenvalue weighted by molar-refractivity contribution is 7.91. The number of amides is 1. The Balaban J connectivity index is 1.80. The minimum Gasteiger partial charge on any atom is -0.376 e. The first-order chi connectivity index (χ1) is 13.4. The lowest BCUT2D eigenvalue weighted by molar-refractivity contribution is -0.117. The van der Waals surface area contributed by atoms with Crippen molar-refractivity contribution in [2.24, 2.45) is 0 Å². The van der Waals surface area contributed by atoms with Gasteiger partial charge in [0.15, 0.2) is 9.84 Å². The molecule has 2 aromatic carbocycles. The van der Waals surface area contributed by atoms with Gasteiger partial charge >= 0.3 is 0 Å². The first-order valence-corrected chi connectivity index (χ1v) is 11.6. The monoisotopic (exact) mass is 400 g/mol. The van der Waals surface area contributed by atoms with E-state index in [-0.39, 0.29) is 30.0 Å². The molecule has 0 aliphatic carbocycles. The summed E-state index contributed by atoms with van der Waals surface area (Å²) in [5, 5.41) is 3.28. The van der Waals surface area contributed by atoms with Crippen molar-refractivity contribution in [2.45, 2.75) is 38.6 Å². The van der Waals surface area contributed by atoms with Gasteiger partial charge in [0.05, 0.1) is 24.1 Å². The van der Waals surface area contributed by atoms with Gasteiger partial charge in [0.25, 0.3) is 0 Å². The summed E-state index contributed by atoms with van der Waals surface area (Å²) in [6.45, 7) is 4.44. The van der Waals surface area contributed by atoms with E-state index in [4.69, 9.17) is 0 Å². The van der Waals surface area contributed by atoms with E-state index < -0.39 is 9.84 Å². The van der Waals surface area contributed by atoms with E-state index in [1.165, 1.54) is 5.56 Å². The van der Waals surface area contributed by atoms with Gasteiger partial charge in [-0.2, -0.15) is 0 Å². The van der Waals surface area contributed by atoms with Crippen molar-refractivity contribution >= 4 is 27.1 Å². The molecule has 0 spiro atoms. The zero-order chi connectivity index (χ0) is 20.1. The van der Waals surface area contributed by atoms with Crippen LogP contribution >= 0.6 is 0 Å². The number of nitrogens with one attached hydrogen (secondary N) is 1. The molecule has 0 saturated carbocycles. The highest BCUT2D eigenvalue weighted by Gasteiger charge is 2.35. The third-order valence-electron chi connectivity index (χ3n) is 5.41. The predicted molar refractivity (Wildman–Crippen MR) is 115 cm³/mol. The standard InChI is InChI=1S/C22H28N2O3S/c1-3-17(2)20-11-7-8-12-21(20)23-15-22(25)24(18-9-5-4-6-10-18)19-13-14-28(26,27)16-19/h4-12,17,19,23H,3,13-16H2,1-2H3. The number of hydrogen-bond acceptors (Lipinski definition) is 4. The fraction of sp³-hybridized carbons (Fsp3) is 0.409. The second-order valence-corrected chi connectivity index (χ2v) is 9.63. The number of sulfone groups is 1. The number of para-hydroxylation sites is 2. The Bertz CT molecular complexity index is 912. The van der Waals surface area contributed by atoms with Gasteiger partial charge < -0.3 is 10.2 Å². The van der Waals surface area contributed by atoms with Crippen molar-refractivity contribution in [1.29, 1.82) is 0 Å². The molecular formula is C22H28N2O3S. The van der Waals surface area contributed by atoms with E-state index in [9.17, 15) is 13.2 Å². The molecule has 1 N–H and O–H groups in total. The second kappa shape index (κ2) is 8.78. The van der Waals surface area contributed by atoms with Crippen LogP contribution in [0.5, 0.6) is 0 Å². The van der Waals surface area contributed by atoms with Gasteiger partial charge in [-0.05, 0) is 42.5 Å². The van der Waals surface area contributed by atoms with Crippen molar-refractivity contribution in [3.05, 3.63) is 60.2 Å². The lowest BCUT2D eigenvalue weighted by Gasteiger charge is -2.29. The Labute approximate surface area is 167 Å². The molecule has 1 fully saturated rings. The van der Waals surface area contributed by atoms with E-state index in [1.807, 2.05) is 48.5 Å². The van der Waals surface area contributed by atoms with Gasteiger partial charge in [0.2, 0.25) is 5.91 Å². The highest BCUT2D eigenvalue weighted by Crippen LogP contribution is 2.27. The zero-order valence-corrected chi connectivity index (χ0v) is 17.3. The maximum Gasteiger partial charge on any atom is 0.246 e. The summed E-state index contributed by atoms with van der Waals surface area (Å²) in [5.41, 5.74) is 2.89. The zero-order valence-electron chi connectivity index (χ0n) is 16.5. The van der Waals surface area contributed by atoms with Crippen LogP contribution in [0.25, 0.3) is 0 Å². The van der Waals surface area contributed by atoms with Gasteiger partial charge in [-0.25, -0.2) is 8.42 Å². The Morgan fingerprint density at radius 1 is 1.14 bits per heavy atom. The Kier molecular flexibility index (Phi) is 6.39. The summed E-state index contributed by atoms with van der Waals surface area (Å²) in [4.78, 5) is 14.8. The van der Waals surface area contributed by atoms with Crippen LogP contribution < -0.4 is 10.2 Å². The van der Waals surface area contributed by atoms with Crippen molar-refractivity contribution < 1.29 is 13.2 Å². The van der Waals surface area contributed by atoms with Crippen LogP contribution in [0.1, 0.15) is 38.2 Å². The van der Waals surface area contributed by atoms with Crippen LogP contribution in [0, 0.1) is 0 Å². The molecule has 2 unspecified atom stereocenters. The third-order valence-corrected chi connectivity index (χ3v) is 7.16. The first kappa shape index (κ1) is 20.4. The maximum atomic E-state index is 13.1. The molecule has 1 amide bonds. The number of hydrogen-bond donors (Lipinski definition) is 1. The van der Waals surface area contributed by atoms with E-state index in [0.29, 0.717) is 12.3 Å². The van der Waals surface area contributed by atoms with E-state index in [2.05, 4.69) is 25.2 Å². The topological polar surface area (TPSA) is 66.5 Å². The average Bonchev–Trinajstić information content (AvgIpc) is 3.06. The van der Waals surface area contributed by atoms with Gasteiger partial charge in [0, 0.05) is 11.4 Å². The Morgan fingerprint density at radius 2 is 1.82 bits per heavy atom. The number of carbonyl (C=O) groups is 1. The van der Waals surface area contributed by atoms with Gasteiger partial charge in [-0.1, -0.05) is 50.2 Å². The third kappa shape index (κ3) is 4.73. The fourth-order valence-electron chi connectivity index (χ4n) is 3.69. The molecule has 150 valence electrons. The van der Waals surface area contributed by atoms with Crippen molar-refractivity contribution in [2.75, 3.05) is 28.3 Å². The summed E-state index contributed by atoms with van der Waals surface area (Å²) in [5.74, 6) is 0.437. The highest BCUT2D eigenvalue weighted by atomic mass is 32.2. The van der Waals surface area contributed by atoms with Crippen LogP contribution in [0.2, 0.25) is 0 Å². The molecule has 5 nitrogen and oxygen atoms in total. The Hall–Kier alpha value is -2.34. The molecule has 0 radical (unpaired) electrons. The largest absolute Gasteiger partial charge is 0.376 e. The summed E-state index contributed by atoms with van der Waals surface area (Å²) in [6.07, 6.45) is 1.50. The van der Waals surface area contributed by atoms with Crippen LogP contribution in [0.4, 0.5) is 11.4 Å². The summed E-state index contributed by atoms with van der Waals surface area (Å²) in [7, 11) is -3.08. The van der Waals surface area contributed by atoms with Crippen molar-refractivity contribution in [1.82, 2.24) is 0 Å². The lowest BCUT2D eigenvalue weighted by atomic mass is 9.97. The number of carbonyl (C=O) groups excluding carboxylic acids is 1. The number of anilines is 2. The smallest absolute Gasteiger partial charge is 0.246 e. The quantitative estimate of drug-likeness (QED) is 0.767. The first-order valence-electron chi connectivity index (χ1n) is 9.81. The SMILES string of the molecule is CCC(C)c1ccccc1NCC(=O)N(c1ccccc1)C1CCS(=O)(=O)C1. The van der Waals surface area contributed by atoms with Gasteiger partial charge in [-0.3, -0.25) is 4.79 Å². The summed E-state index contributed by atoms with van der Waals surface area (Å²) in [6, 6.07) is 17.1. The van der Waals surface area contributed by atoms with Crippen LogP contribution in [0.15, 0.2) is 54.6 Å². The molecule has 2 aromatic rings. The second-order valence-electron chi connectivity index (χ2n) is 7.41. The van der Waals surface area contributed by atoms with Gasteiger partial charge in [0.1, 0.15) is 0 Å². The normalized spacial score (nSPS) is 19.1. The lowest BCUT2D eigenvalue weighted by Crippen LogP contribution is -2.44. The van der Waals surface area contributed by atoms with Crippen molar-refractivity contribution in [3.63, 3.8) is 0 Å². The molecule has 2 atom stereocenters. The number of benzene rings is 2. The maximum absolute atomic E-state index is 13.1. The fourth-order valence-corrected chi connectivity index (χ4v) is 5.39. The minimum absolute atomic E-state index is 0.0249. The molecule has 6 heteroatoms. The summed E-state index contributed by atoms with van der Waals surface area (Å²) < 4.78 is 24.0. The molecule has 28 heavy (non-hydrogen) atoms. The average molecular weight is 401 g/mol. The predicted octanol–water partition coefficient (Wildman–Crippen LogP) is 3.83. The van der Waals surface area contributed by atoms with Gasteiger partial charge in [-0.15, -0.1) is 0 Å². The molecule has 3 rings (SSSR count). The molecule has 1 saturated heterocycles. The molecule has 1 aliphatic rings. The molecule has 1 heterocycles. The number of rotatable bonds is 7. The molecule has 0 aromatic heterocycles. The van der Waals surface area contributed by atoms with Crippen molar-refractivity contribution in [3.8, 4) is 0 Å². The summed E-state index contributed by atoms with van der Waals surface area (Å²) >= 11 is 0. The van der Waals surface area contributed by atoms with Crippen LogP contribution in [0.3, 0.4) is 0 Å². The van der Waals surface area contributed by atoms with E-state index >= 15 is 0 Å². The van der Waals surface area contributed by atoms with E-state index in [0.717, 1.165) is 17.8 Å². The molecule has 0 bridgehead atoms. The molecule has 1 aliphatic heterocycles. The minimum atomic E-state index is -3.08. The number of nitrogens with zero attached hydrogens (tertiary/aromatic N) is 1. The van der Waals surface area contributed by atoms with Crippen LogP contribution in [-0.2, 0) is 14.6 Å². The van der Waals surface area contributed by atoms with E-state index in [1.54, 1.807) is 4.90 Å². The Morgan fingerprint density at radius 3 is 2.46 bits per heavy atom. The molecular weight excluding hydrogens is 372 g/mol. The van der Waals surface area contributed by atoms with Crippen LogP contribution in [-0.4, -0.2) is 38.4 Å².